The molecule has 0 aliphatic heterocycles. The lowest BCUT2D eigenvalue weighted by atomic mass is 10.1. The Hall–Kier alpha value is -1.71. The van der Waals surface area contributed by atoms with E-state index in [2.05, 4.69) is 47.1 Å². The minimum absolute atomic E-state index is 0.106. The van der Waals surface area contributed by atoms with E-state index in [1.807, 2.05) is 18.3 Å². The molecule has 0 saturated heterocycles. The van der Waals surface area contributed by atoms with Gasteiger partial charge in [-0.15, -0.1) is 0 Å². The molecule has 0 fully saturated rings. The molecule has 1 aromatic heterocycles. The minimum atomic E-state index is 0.106. The summed E-state index contributed by atoms with van der Waals surface area (Å²) in [6.45, 7) is 4.05. The average Bonchev–Trinajstić information content (AvgIpc) is 2.83. The highest BCUT2D eigenvalue weighted by Crippen LogP contribution is 2.33. The molecule has 3 nitrogen and oxygen atoms in total. The van der Waals surface area contributed by atoms with E-state index in [9.17, 15) is 0 Å². The van der Waals surface area contributed by atoms with E-state index >= 15 is 0 Å². The van der Waals surface area contributed by atoms with Crippen LogP contribution in [0.1, 0.15) is 29.8 Å². The molecule has 0 amide bonds. The normalized spacial score (nSPS) is 21.1. The zero-order chi connectivity index (χ0) is 13.9. The predicted molar refractivity (Wildman–Crippen MR) is 81.2 cm³/mol. The summed E-state index contributed by atoms with van der Waals surface area (Å²) in [5.74, 6) is 0. The van der Waals surface area contributed by atoms with Crippen LogP contribution in [0, 0.1) is 0 Å². The van der Waals surface area contributed by atoms with Gasteiger partial charge in [-0.2, -0.15) is 0 Å². The Bertz CT molecular complexity index is 567. The van der Waals surface area contributed by atoms with Crippen molar-refractivity contribution in [2.75, 3.05) is 6.54 Å². The quantitative estimate of drug-likeness (QED) is 0.925. The van der Waals surface area contributed by atoms with Gasteiger partial charge >= 0.3 is 0 Å². The lowest BCUT2D eigenvalue weighted by molar-refractivity contribution is 0.178. The number of hydrogen-bond acceptors (Lipinski definition) is 3. The molecule has 2 unspecified atom stereocenters. The fourth-order valence-electron chi connectivity index (χ4n) is 3.12. The fraction of sp³-hybridized carbons (Fsp3) is 0.353. The van der Waals surface area contributed by atoms with E-state index in [0.29, 0.717) is 6.04 Å². The van der Waals surface area contributed by atoms with Crippen LogP contribution in [-0.2, 0) is 13.0 Å². The van der Waals surface area contributed by atoms with Crippen molar-refractivity contribution >= 4 is 0 Å². The van der Waals surface area contributed by atoms with Crippen molar-refractivity contribution in [2.24, 2.45) is 5.73 Å². The first kappa shape index (κ1) is 13.3. The van der Waals surface area contributed by atoms with Gasteiger partial charge in [0.25, 0.3) is 0 Å². The van der Waals surface area contributed by atoms with E-state index in [1.54, 1.807) is 0 Å². The number of hydrogen-bond donors (Lipinski definition) is 1. The Morgan fingerprint density at radius 2 is 2.00 bits per heavy atom. The first-order valence-electron chi connectivity index (χ1n) is 7.27. The molecule has 104 valence electrons. The van der Waals surface area contributed by atoms with Gasteiger partial charge in [0.15, 0.2) is 0 Å². The van der Waals surface area contributed by atoms with Gasteiger partial charge in [-0.05, 0) is 36.2 Å². The van der Waals surface area contributed by atoms with E-state index in [1.165, 1.54) is 11.1 Å². The van der Waals surface area contributed by atoms with Crippen LogP contribution in [0.2, 0.25) is 0 Å². The molecule has 2 atom stereocenters. The van der Waals surface area contributed by atoms with Crippen LogP contribution >= 0.6 is 0 Å². The van der Waals surface area contributed by atoms with Gasteiger partial charge in [0.2, 0.25) is 0 Å². The highest BCUT2D eigenvalue weighted by Gasteiger charge is 2.33. The second-order valence-corrected chi connectivity index (χ2v) is 5.38. The Morgan fingerprint density at radius 1 is 1.20 bits per heavy atom. The van der Waals surface area contributed by atoms with Crippen LogP contribution in [0.5, 0.6) is 0 Å². The van der Waals surface area contributed by atoms with Crippen LogP contribution < -0.4 is 5.73 Å². The Labute approximate surface area is 120 Å². The molecule has 1 heterocycles. The van der Waals surface area contributed by atoms with E-state index < -0.39 is 0 Å². The number of benzene rings is 1. The molecule has 3 rings (SSSR count). The zero-order valence-corrected chi connectivity index (χ0v) is 11.9. The molecular formula is C17H21N3. The number of pyridine rings is 1. The third-order valence-electron chi connectivity index (χ3n) is 4.22. The van der Waals surface area contributed by atoms with E-state index in [0.717, 1.165) is 25.2 Å². The van der Waals surface area contributed by atoms with E-state index in [-0.39, 0.29) is 6.04 Å². The maximum atomic E-state index is 6.46. The first-order valence-corrected chi connectivity index (χ1v) is 7.27. The monoisotopic (exact) mass is 267 g/mol. The highest BCUT2D eigenvalue weighted by atomic mass is 15.2. The summed E-state index contributed by atoms with van der Waals surface area (Å²) in [7, 11) is 0. The Balaban J connectivity index is 1.78. The topological polar surface area (TPSA) is 42.2 Å². The highest BCUT2D eigenvalue weighted by molar-refractivity contribution is 5.36. The Kier molecular flexibility index (Phi) is 3.81. The van der Waals surface area contributed by atoms with Gasteiger partial charge in [0, 0.05) is 24.8 Å². The van der Waals surface area contributed by atoms with Crippen LogP contribution in [0.3, 0.4) is 0 Å². The summed E-state index contributed by atoms with van der Waals surface area (Å²) >= 11 is 0. The zero-order valence-electron chi connectivity index (χ0n) is 11.9. The van der Waals surface area contributed by atoms with Gasteiger partial charge in [-0.1, -0.05) is 37.3 Å². The Morgan fingerprint density at radius 3 is 2.70 bits per heavy atom. The molecule has 2 aromatic rings. The van der Waals surface area contributed by atoms with Crippen molar-refractivity contribution in [3.63, 3.8) is 0 Å². The number of nitrogens with zero attached hydrogens (tertiary/aromatic N) is 2. The van der Waals surface area contributed by atoms with Crippen molar-refractivity contribution < 1.29 is 0 Å². The summed E-state index contributed by atoms with van der Waals surface area (Å²) in [5, 5.41) is 0. The van der Waals surface area contributed by atoms with Gasteiger partial charge in [-0.3, -0.25) is 9.88 Å². The van der Waals surface area contributed by atoms with Crippen molar-refractivity contribution in [3.05, 3.63) is 65.5 Å². The molecule has 1 aliphatic carbocycles. The number of fused-ring (bicyclic) bond motifs is 1. The molecule has 0 spiro atoms. The summed E-state index contributed by atoms with van der Waals surface area (Å²) in [6, 6.07) is 15.1. The third kappa shape index (κ3) is 2.47. The first-order chi connectivity index (χ1) is 9.79. The molecule has 20 heavy (non-hydrogen) atoms. The smallest absolute Gasteiger partial charge is 0.0544 e. The molecule has 3 heteroatoms. The van der Waals surface area contributed by atoms with Crippen LogP contribution in [0.25, 0.3) is 0 Å². The molecule has 2 N–H and O–H groups in total. The number of aromatic nitrogens is 1. The number of likely N-dealkylation sites (N-methyl/N-ethyl adjacent to an activating group) is 1. The second kappa shape index (κ2) is 5.73. The van der Waals surface area contributed by atoms with Crippen molar-refractivity contribution in [2.45, 2.75) is 32.0 Å². The van der Waals surface area contributed by atoms with Crippen LogP contribution in [-0.4, -0.2) is 22.5 Å². The van der Waals surface area contributed by atoms with E-state index in [4.69, 9.17) is 5.73 Å². The van der Waals surface area contributed by atoms with Gasteiger partial charge in [-0.25, -0.2) is 0 Å². The second-order valence-electron chi connectivity index (χ2n) is 5.38. The number of nitrogens with two attached hydrogens (primary N) is 1. The van der Waals surface area contributed by atoms with Crippen molar-refractivity contribution in [3.8, 4) is 0 Å². The average molecular weight is 267 g/mol. The summed E-state index contributed by atoms with van der Waals surface area (Å²) in [6.07, 6.45) is 2.89. The maximum Gasteiger partial charge on any atom is 0.0544 e. The van der Waals surface area contributed by atoms with Gasteiger partial charge < -0.3 is 5.73 Å². The minimum Gasteiger partial charge on any atom is -0.323 e. The van der Waals surface area contributed by atoms with Crippen LogP contribution in [0.4, 0.5) is 0 Å². The lowest BCUT2D eigenvalue weighted by Gasteiger charge is -2.30. The molecular weight excluding hydrogens is 246 g/mol. The largest absolute Gasteiger partial charge is 0.323 e. The summed E-state index contributed by atoms with van der Waals surface area (Å²) in [5.41, 5.74) is 10.3. The molecule has 1 aromatic carbocycles. The predicted octanol–water partition coefficient (Wildman–Crippen LogP) is 2.53. The molecule has 0 saturated carbocycles. The van der Waals surface area contributed by atoms with Crippen molar-refractivity contribution in [1.82, 2.24) is 9.88 Å². The SMILES string of the molecule is CCN(Cc1ccccn1)C1Cc2ccccc2C1N. The van der Waals surface area contributed by atoms with Gasteiger partial charge in [0.1, 0.15) is 0 Å². The third-order valence-corrected chi connectivity index (χ3v) is 4.22. The van der Waals surface area contributed by atoms with Gasteiger partial charge in [0.05, 0.1) is 5.69 Å². The number of rotatable bonds is 4. The molecule has 0 bridgehead atoms. The summed E-state index contributed by atoms with van der Waals surface area (Å²) < 4.78 is 0. The maximum absolute atomic E-state index is 6.46. The van der Waals surface area contributed by atoms with Crippen molar-refractivity contribution in [1.29, 1.82) is 0 Å². The standard InChI is InChI=1S/C17H21N3/c1-2-20(12-14-8-5-6-10-19-14)16-11-13-7-3-4-9-15(13)17(16)18/h3-10,16-17H,2,11-12,18H2,1H3. The van der Waals surface area contributed by atoms with Crippen LogP contribution in [0.15, 0.2) is 48.7 Å². The summed E-state index contributed by atoms with van der Waals surface area (Å²) in [4.78, 5) is 6.87. The fourth-order valence-corrected chi connectivity index (χ4v) is 3.12. The molecule has 0 radical (unpaired) electrons. The molecule has 1 aliphatic rings. The lowest BCUT2D eigenvalue weighted by Crippen LogP contribution is -2.40.